The number of halogens is 1. The Bertz CT molecular complexity index is 418. The maximum absolute atomic E-state index is 12.8. The Labute approximate surface area is 159 Å². The van der Waals surface area contributed by atoms with E-state index in [1.54, 1.807) is 0 Å². The van der Waals surface area contributed by atoms with Gasteiger partial charge in [-0.3, -0.25) is 9.59 Å². The van der Waals surface area contributed by atoms with Gasteiger partial charge in [-0.15, -0.1) is 12.4 Å². The third-order valence-corrected chi connectivity index (χ3v) is 6.31. The van der Waals surface area contributed by atoms with E-state index in [9.17, 15) is 9.59 Å². The molecule has 0 spiro atoms. The van der Waals surface area contributed by atoms with Gasteiger partial charge in [0.2, 0.25) is 11.8 Å². The number of carbonyl (C=O) groups excluding carboxylic acids is 2. The zero-order valence-corrected chi connectivity index (χ0v) is 16.8. The van der Waals surface area contributed by atoms with Crippen LogP contribution in [-0.2, 0) is 9.59 Å². The highest BCUT2D eigenvalue weighted by molar-refractivity contribution is 5.85. The first kappa shape index (κ1) is 22.2. The van der Waals surface area contributed by atoms with E-state index >= 15 is 0 Å². The van der Waals surface area contributed by atoms with E-state index < -0.39 is 5.41 Å². The van der Waals surface area contributed by atoms with Gasteiger partial charge in [0.25, 0.3) is 0 Å². The van der Waals surface area contributed by atoms with Gasteiger partial charge in [-0.2, -0.15) is 0 Å². The Kier molecular flexibility index (Phi) is 9.22. The highest BCUT2D eigenvalue weighted by atomic mass is 35.5. The van der Waals surface area contributed by atoms with Crippen molar-refractivity contribution in [2.75, 3.05) is 32.7 Å². The van der Waals surface area contributed by atoms with Crippen LogP contribution in [0.25, 0.3) is 0 Å². The van der Waals surface area contributed by atoms with Crippen LogP contribution in [-0.4, -0.2) is 54.3 Å². The zero-order chi connectivity index (χ0) is 17.6. The summed E-state index contributed by atoms with van der Waals surface area (Å²) in [5.41, 5.74) is 5.48. The number of nitrogens with zero attached hydrogens (tertiary/aromatic N) is 2. The number of piperazine rings is 1. The second-order valence-electron chi connectivity index (χ2n) is 7.57. The molecule has 0 aromatic rings. The molecule has 1 aliphatic heterocycles. The standard InChI is InChI=1S/C19H35N3O2.ClH/c1-3-19(4-2,15-20)18(24)22-12-10-21(11-13-22)17(23)14-16-8-6-5-7-9-16;/h16H,3-15,20H2,1-2H3;1H. The molecule has 0 unspecified atom stereocenters. The van der Waals surface area contributed by atoms with Crippen LogP contribution in [0.3, 0.4) is 0 Å². The molecule has 5 nitrogen and oxygen atoms in total. The first-order valence-electron chi connectivity index (χ1n) is 9.83. The first-order chi connectivity index (χ1) is 11.6. The van der Waals surface area contributed by atoms with Crippen molar-refractivity contribution in [2.24, 2.45) is 17.1 Å². The molecule has 1 saturated heterocycles. The van der Waals surface area contributed by atoms with E-state index in [1.165, 1.54) is 32.1 Å². The largest absolute Gasteiger partial charge is 0.339 e. The molecule has 0 bridgehead atoms. The lowest BCUT2D eigenvalue weighted by atomic mass is 9.80. The topological polar surface area (TPSA) is 66.6 Å². The molecule has 0 atom stereocenters. The summed E-state index contributed by atoms with van der Waals surface area (Å²) in [7, 11) is 0. The van der Waals surface area contributed by atoms with Gasteiger partial charge < -0.3 is 15.5 Å². The third kappa shape index (κ3) is 5.33. The maximum atomic E-state index is 12.8. The Morgan fingerprint density at radius 1 is 0.960 bits per heavy atom. The van der Waals surface area contributed by atoms with E-state index in [-0.39, 0.29) is 24.2 Å². The Balaban J connectivity index is 0.00000312. The second-order valence-corrected chi connectivity index (χ2v) is 7.57. The van der Waals surface area contributed by atoms with E-state index in [4.69, 9.17) is 5.73 Å². The molecule has 1 aliphatic carbocycles. The van der Waals surface area contributed by atoms with Crippen molar-refractivity contribution in [1.82, 2.24) is 9.80 Å². The Hall–Kier alpha value is -0.810. The molecular formula is C19H36ClN3O2. The summed E-state index contributed by atoms with van der Waals surface area (Å²) in [5, 5.41) is 0. The van der Waals surface area contributed by atoms with Crippen molar-refractivity contribution < 1.29 is 9.59 Å². The number of hydrogen-bond acceptors (Lipinski definition) is 3. The van der Waals surface area contributed by atoms with Gasteiger partial charge in [-0.1, -0.05) is 33.1 Å². The molecule has 146 valence electrons. The molecule has 2 aliphatic rings. The van der Waals surface area contributed by atoms with Gasteiger partial charge in [-0.05, 0) is 31.6 Å². The van der Waals surface area contributed by atoms with Gasteiger partial charge in [0.05, 0.1) is 5.41 Å². The molecule has 0 aromatic carbocycles. The lowest BCUT2D eigenvalue weighted by molar-refractivity contribution is -0.147. The molecular weight excluding hydrogens is 338 g/mol. The number of hydrogen-bond donors (Lipinski definition) is 1. The second kappa shape index (κ2) is 10.4. The quantitative estimate of drug-likeness (QED) is 0.778. The van der Waals surface area contributed by atoms with Crippen molar-refractivity contribution >= 4 is 24.2 Å². The van der Waals surface area contributed by atoms with Gasteiger partial charge in [0.1, 0.15) is 0 Å². The van der Waals surface area contributed by atoms with Gasteiger partial charge in [0.15, 0.2) is 0 Å². The van der Waals surface area contributed by atoms with Crippen LogP contribution >= 0.6 is 12.4 Å². The molecule has 2 fully saturated rings. The molecule has 1 heterocycles. The van der Waals surface area contributed by atoms with Crippen LogP contribution < -0.4 is 5.73 Å². The predicted octanol–water partition coefficient (Wildman–Crippen LogP) is 2.81. The SMILES string of the molecule is CCC(CC)(CN)C(=O)N1CCN(C(=O)CC2CCCCC2)CC1.Cl. The fourth-order valence-corrected chi connectivity index (χ4v) is 4.19. The molecule has 0 radical (unpaired) electrons. The molecule has 6 heteroatoms. The first-order valence-corrected chi connectivity index (χ1v) is 9.83. The summed E-state index contributed by atoms with van der Waals surface area (Å²) in [6.07, 6.45) is 8.53. The van der Waals surface area contributed by atoms with Crippen LogP contribution in [0.2, 0.25) is 0 Å². The van der Waals surface area contributed by atoms with Crippen LogP contribution in [0.1, 0.15) is 65.2 Å². The van der Waals surface area contributed by atoms with Crippen LogP contribution in [0.4, 0.5) is 0 Å². The molecule has 0 aromatic heterocycles. The highest BCUT2D eigenvalue weighted by Gasteiger charge is 2.38. The molecule has 1 saturated carbocycles. The summed E-state index contributed by atoms with van der Waals surface area (Å²) < 4.78 is 0. The van der Waals surface area contributed by atoms with Gasteiger partial charge in [0, 0.05) is 39.1 Å². The average molecular weight is 374 g/mol. The normalized spacial score (nSPS) is 19.5. The van der Waals surface area contributed by atoms with Crippen molar-refractivity contribution in [3.05, 3.63) is 0 Å². The fourth-order valence-electron chi connectivity index (χ4n) is 4.19. The summed E-state index contributed by atoms with van der Waals surface area (Å²) >= 11 is 0. The summed E-state index contributed by atoms with van der Waals surface area (Å²) in [6, 6.07) is 0. The fraction of sp³-hybridized carbons (Fsp3) is 0.895. The zero-order valence-electron chi connectivity index (χ0n) is 16.0. The summed E-state index contributed by atoms with van der Waals surface area (Å²) in [5.74, 6) is 1.04. The number of nitrogens with two attached hydrogens (primary N) is 1. The van der Waals surface area contributed by atoms with Gasteiger partial charge >= 0.3 is 0 Å². The predicted molar refractivity (Wildman–Crippen MR) is 104 cm³/mol. The minimum Gasteiger partial charge on any atom is -0.339 e. The van der Waals surface area contributed by atoms with E-state index in [0.717, 1.165) is 12.8 Å². The lowest BCUT2D eigenvalue weighted by Crippen LogP contribution is -2.55. The van der Waals surface area contributed by atoms with Crippen LogP contribution in [0.5, 0.6) is 0 Å². The van der Waals surface area contributed by atoms with Crippen LogP contribution in [0.15, 0.2) is 0 Å². The Morgan fingerprint density at radius 2 is 1.48 bits per heavy atom. The molecule has 2 N–H and O–H groups in total. The molecule has 25 heavy (non-hydrogen) atoms. The monoisotopic (exact) mass is 373 g/mol. The molecule has 2 rings (SSSR count). The number of carbonyl (C=O) groups is 2. The summed E-state index contributed by atoms with van der Waals surface area (Å²) in [4.78, 5) is 29.2. The van der Waals surface area contributed by atoms with E-state index in [2.05, 4.69) is 0 Å². The maximum Gasteiger partial charge on any atom is 0.230 e. The van der Waals surface area contributed by atoms with Gasteiger partial charge in [-0.25, -0.2) is 0 Å². The highest BCUT2D eigenvalue weighted by Crippen LogP contribution is 2.29. The number of amides is 2. The lowest BCUT2D eigenvalue weighted by Gasteiger charge is -2.40. The minimum atomic E-state index is -0.422. The third-order valence-electron chi connectivity index (χ3n) is 6.31. The summed E-state index contributed by atoms with van der Waals surface area (Å²) in [6.45, 7) is 7.13. The van der Waals surface area contributed by atoms with Crippen molar-refractivity contribution in [2.45, 2.75) is 65.2 Å². The van der Waals surface area contributed by atoms with Crippen molar-refractivity contribution in [3.8, 4) is 0 Å². The number of rotatable bonds is 6. The van der Waals surface area contributed by atoms with E-state index in [1.807, 2.05) is 23.6 Å². The van der Waals surface area contributed by atoms with E-state index in [0.29, 0.717) is 45.1 Å². The Morgan fingerprint density at radius 3 is 1.96 bits per heavy atom. The molecule has 2 amide bonds. The minimum absolute atomic E-state index is 0. The average Bonchev–Trinajstić information content (AvgIpc) is 2.64. The smallest absolute Gasteiger partial charge is 0.230 e. The van der Waals surface area contributed by atoms with Crippen LogP contribution in [0, 0.1) is 11.3 Å². The van der Waals surface area contributed by atoms with Crippen molar-refractivity contribution in [3.63, 3.8) is 0 Å². The van der Waals surface area contributed by atoms with Crippen molar-refractivity contribution in [1.29, 1.82) is 0 Å².